The second kappa shape index (κ2) is 4.91. The number of aromatic nitrogens is 2. The molecule has 0 radical (unpaired) electrons. The van der Waals surface area contributed by atoms with E-state index >= 15 is 0 Å². The topological polar surface area (TPSA) is 52.1 Å². The number of methoxy groups -OCH3 is 1. The maximum atomic E-state index is 13.2. The lowest BCUT2D eigenvalue weighted by molar-refractivity contribution is 0.0587. The fraction of sp³-hybridized carbons (Fsp3) is 0.154. The molecule has 1 heterocycles. The van der Waals surface area contributed by atoms with Crippen LogP contribution in [0.1, 0.15) is 16.2 Å². The molecule has 0 atom stereocenters. The number of carbonyl (C=O) groups excluding carboxylic acids is 1. The van der Waals surface area contributed by atoms with Gasteiger partial charge in [-0.3, -0.25) is 0 Å². The van der Waals surface area contributed by atoms with Crippen LogP contribution in [0.15, 0.2) is 30.5 Å². The van der Waals surface area contributed by atoms with Gasteiger partial charge >= 0.3 is 5.97 Å². The molecular weight excluding hydrogens is 235 g/mol. The minimum absolute atomic E-state index is 0.0167. The van der Waals surface area contributed by atoms with Crippen LogP contribution < -0.4 is 0 Å². The molecule has 1 aromatic carbocycles. The molecule has 0 saturated carbocycles. The highest BCUT2D eigenvalue weighted by molar-refractivity contribution is 5.85. The molecule has 92 valence electrons. The van der Waals surface area contributed by atoms with Gasteiger partial charge in [-0.25, -0.2) is 19.2 Å². The molecule has 0 amide bonds. The molecule has 0 spiro atoms. The minimum Gasteiger partial charge on any atom is -0.463 e. The summed E-state index contributed by atoms with van der Waals surface area (Å²) in [7, 11) is 1.26. The SMILES string of the molecule is COC(=O)c1nccc(-c2ccc(F)c(C)c2)n1. The molecule has 0 N–H and O–H groups in total. The Hall–Kier alpha value is -2.30. The van der Waals surface area contributed by atoms with Crippen LogP contribution >= 0.6 is 0 Å². The van der Waals surface area contributed by atoms with E-state index in [4.69, 9.17) is 0 Å². The van der Waals surface area contributed by atoms with Crippen LogP contribution in [0.2, 0.25) is 0 Å². The lowest BCUT2D eigenvalue weighted by Gasteiger charge is -2.04. The highest BCUT2D eigenvalue weighted by Gasteiger charge is 2.11. The normalized spacial score (nSPS) is 10.2. The van der Waals surface area contributed by atoms with Crippen LogP contribution in [0, 0.1) is 12.7 Å². The molecule has 0 bridgehead atoms. The number of esters is 1. The number of nitrogens with zero attached hydrogens (tertiary/aromatic N) is 2. The molecule has 0 aliphatic carbocycles. The first-order chi connectivity index (χ1) is 8.61. The fourth-order valence-corrected chi connectivity index (χ4v) is 1.51. The van der Waals surface area contributed by atoms with Crippen LogP contribution in [0.25, 0.3) is 11.3 Å². The number of benzene rings is 1. The van der Waals surface area contributed by atoms with Gasteiger partial charge in [-0.15, -0.1) is 0 Å². The predicted octanol–water partition coefficient (Wildman–Crippen LogP) is 2.38. The van der Waals surface area contributed by atoms with Crippen molar-refractivity contribution in [2.75, 3.05) is 7.11 Å². The first kappa shape index (κ1) is 12.2. The quantitative estimate of drug-likeness (QED) is 0.763. The monoisotopic (exact) mass is 246 g/mol. The Morgan fingerprint density at radius 1 is 1.33 bits per heavy atom. The average molecular weight is 246 g/mol. The molecule has 1 aromatic heterocycles. The number of carbonyl (C=O) groups is 1. The maximum Gasteiger partial charge on any atom is 0.376 e. The summed E-state index contributed by atoms with van der Waals surface area (Å²) in [5.74, 6) is -0.895. The summed E-state index contributed by atoms with van der Waals surface area (Å²) < 4.78 is 17.7. The summed E-state index contributed by atoms with van der Waals surface area (Å²) in [5.41, 5.74) is 1.79. The van der Waals surface area contributed by atoms with Crippen molar-refractivity contribution >= 4 is 5.97 Å². The van der Waals surface area contributed by atoms with Crippen LogP contribution in [-0.2, 0) is 4.74 Å². The third-order valence-corrected chi connectivity index (χ3v) is 2.48. The zero-order chi connectivity index (χ0) is 13.1. The van der Waals surface area contributed by atoms with Gasteiger partial charge in [0.1, 0.15) is 5.82 Å². The van der Waals surface area contributed by atoms with E-state index < -0.39 is 5.97 Å². The van der Waals surface area contributed by atoms with Crippen molar-refractivity contribution in [3.8, 4) is 11.3 Å². The molecule has 18 heavy (non-hydrogen) atoms. The van der Waals surface area contributed by atoms with Gasteiger partial charge in [0, 0.05) is 11.8 Å². The van der Waals surface area contributed by atoms with Gasteiger partial charge < -0.3 is 4.74 Å². The summed E-state index contributed by atoms with van der Waals surface area (Å²) in [6, 6.07) is 6.29. The van der Waals surface area contributed by atoms with Crippen LogP contribution in [0.4, 0.5) is 4.39 Å². The molecule has 2 rings (SSSR count). The van der Waals surface area contributed by atoms with E-state index in [1.54, 1.807) is 25.1 Å². The first-order valence-corrected chi connectivity index (χ1v) is 5.29. The first-order valence-electron chi connectivity index (χ1n) is 5.29. The van der Waals surface area contributed by atoms with Crippen molar-refractivity contribution in [3.05, 3.63) is 47.7 Å². The van der Waals surface area contributed by atoms with Gasteiger partial charge in [-0.2, -0.15) is 0 Å². The van der Waals surface area contributed by atoms with E-state index in [9.17, 15) is 9.18 Å². The molecule has 0 aliphatic heterocycles. The Kier molecular flexibility index (Phi) is 3.32. The average Bonchev–Trinajstić information content (AvgIpc) is 2.41. The van der Waals surface area contributed by atoms with Crippen molar-refractivity contribution < 1.29 is 13.9 Å². The minimum atomic E-state index is -0.601. The molecule has 0 saturated heterocycles. The van der Waals surface area contributed by atoms with Gasteiger partial charge in [-0.1, -0.05) is 0 Å². The lowest BCUT2D eigenvalue weighted by atomic mass is 10.1. The van der Waals surface area contributed by atoms with E-state index in [1.165, 1.54) is 19.4 Å². The highest BCUT2D eigenvalue weighted by Crippen LogP contribution is 2.19. The molecular formula is C13H11FN2O2. The van der Waals surface area contributed by atoms with Gasteiger partial charge in [0.2, 0.25) is 5.82 Å². The van der Waals surface area contributed by atoms with Gasteiger partial charge in [-0.05, 0) is 36.8 Å². The van der Waals surface area contributed by atoms with Crippen molar-refractivity contribution in [1.29, 1.82) is 0 Å². The third-order valence-electron chi connectivity index (χ3n) is 2.48. The summed E-state index contributed by atoms with van der Waals surface area (Å²) in [4.78, 5) is 19.2. The number of halogens is 1. The second-order valence-electron chi connectivity index (χ2n) is 3.72. The van der Waals surface area contributed by atoms with E-state index in [1.807, 2.05) is 0 Å². The summed E-state index contributed by atoms with van der Waals surface area (Å²) in [6.45, 7) is 1.67. The second-order valence-corrected chi connectivity index (χ2v) is 3.72. The Morgan fingerprint density at radius 3 is 2.78 bits per heavy atom. The number of hydrogen-bond acceptors (Lipinski definition) is 4. The van der Waals surface area contributed by atoms with E-state index in [-0.39, 0.29) is 11.6 Å². The summed E-state index contributed by atoms with van der Waals surface area (Å²) >= 11 is 0. The number of rotatable bonds is 2. The van der Waals surface area contributed by atoms with E-state index in [2.05, 4.69) is 14.7 Å². The Labute approximate surface area is 103 Å². The highest BCUT2D eigenvalue weighted by atomic mass is 19.1. The largest absolute Gasteiger partial charge is 0.463 e. The van der Waals surface area contributed by atoms with E-state index in [0.717, 1.165) is 5.56 Å². The van der Waals surface area contributed by atoms with Crippen molar-refractivity contribution in [3.63, 3.8) is 0 Å². The summed E-state index contributed by atoms with van der Waals surface area (Å²) in [6.07, 6.45) is 1.47. The smallest absolute Gasteiger partial charge is 0.376 e. The van der Waals surface area contributed by atoms with E-state index in [0.29, 0.717) is 11.3 Å². The summed E-state index contributed by atoms with van der Waals surface area (Å²) in [5, 5.41) is 0. The molecule has 0 aliphatic rings. The van der Waals surface area contributed by atoms with Crippen molar-refractivity contribution in [2.45, 2.75) is 6.92 Å². The Bertz CT molecular complexity index is 599. The molecule has 0 fully saturated rings. The van der Waals surface area contributed by atoms with Crippen LogP contribution in [0.5, 0.6) is 0 Å². The zero-order valence-electron chi connectivity index (χ0n) is 9.98. The lowest BCUT2D eigenvalue weighted by Crippen LogP contribution is -2.07. The molecule has 0 unspecified atom stereocenters. The fourth-order valence-electron chi connectivity index (χ4n) is 1.51. The Morgan fingerprint density at radius 2 is 2.11 bits per heavy atom. The molecule has 4 nitrogen and oxygen atoms in total. The Balaban J connectivity index is 2.44. The number of aryl methyl sites for hydroxylation is 1. The van der Waals surface area contributed by atoms with Gasteiger partial charge in [0.25, 0.3) is 0 Å². The van der Waals surface area contributed by atoms with Crippen molar-refractivity contribution in [1.82, 2.24) is 9.97 Å². The van der Waals surface area contributed by atoms with Crippen LogP contribution in [0.3, 0.4) is 0 Å². The van der Waals surface area contributed by atoms with Crippen LogP contribution in [-0.4, -0.2) is 23.0 Å². The third kappa shape index (κ3) is 2.34. The molecule has 2 aromatic rings. The zero-order valence-corrected chi connectivity index (χ0v) is 9.98. The predicted molar refractivity (Wildman–Crippen MR) is 63.5 cm³/mol. The number of ether oxygens (including phenoxy) is 1. The maximum absolute atomic E-state index is 13.2. The molecule has 5 heteroatoms. The number of hydrogen-bond donors (Lipinski definition) is 0. The standard InChI is InChI=1S/C13H11FN2O2/c1-8-7-9(3-4-10(8)14)11-5-6-15-12(16-11)13(17)18-2/h3-7H,1-2H3. The van der Waals surface area contributed by atoms with Gasteiger partial charge in [0.15, 0.2) is 0 Å². The van der Waals surface area contributed by atoms with Gasteiger partial charge in [0.05, 0.1) is 12.8 Å². The van der Waals surface area contributed by atoms with Crippen molar-refractivity contribution in [2.24, 2.45) is 0 Å².